The van der Waals surface area contributed by atoms with E-state index in [4.69, 9.17) is 5.73 Å². The van der Waals surface area contributed by atoms with Crippen LogP contribution in [0.3, 0.4) is 0 Å². The number of pyridine rings is 2. The van der Waals surface area contributed by atoms with Crippen molar-refractivity contribution >= 4 is 17.3 Å². The maximum Gasteiger partial charge on any atom is 0.166 e. The molecule has 4 heterocycles. The Morgan fingerprint density at radius 3 is 2.42 bits per heavy atom. The van der Waals surface area contributed by atoms with Crippen molar-refractivity contribution in [2.24, 2.45) is 0 Å². The lowest BCUT2D eigenvalue weighted by atomic mass is 10.1. The van der Waals surface area contributed by atoms with Crippen LogP contribution in [0.2, 0.25) is 0 Å². The molecule has 0 bridgehead atoms. The van der Waals surface area contributed by atoms with Crippen LogP contribution in [0.4, 0.5) is 11.6 Å². The molecule has 0 atom stereocenters. The maximum atomic E-state index is 6.16. The van der Waals surface area contributed by atoms with E-state index < -0.39 is 0 Å². The molecular formula is C23H28N8. The fraction of sp³-hybridized carbons (Fsp3) is 0.304. The minimum atomic E-state index is 0.409. The second-order valence-electron chi connectivity index (χ2n) is 7.44. The Kier molecular flexibility index (Phi) is 6.08. The molecule has 0 aliphatic carbocycles. The molecule has 0 saturated carbocycles. The number of nitrogens with zero attached hydrogens (tertiary/aromatic N) is 7. The van der Waals surface area contributed by atoms with Crippen molar-refractivity contribution in [1.82, 2.24) is 29.5 Å². The van der Waals surface area contributed by atoms with Gasteiger partial charge in [-0.2, -0.15) is 0 Å². The predicted molar refractivity (Wildman–Crippen MR) is 125 cm³/mol. The summed E-state index contributed by atoms with van der Waals surface area (Å²) in [6.07, 6.45) is 7.35. The summed E-state index contributed by atoms with van der Waals surface area (Å²) in [6.45, 7) is 8.46. The van der Waals surface area contributed by atoms with Gasteiger partial charge in [-0.25, -0.2) is 14.5 Å². The van der Waals surface area contributed by atoms with Crippen molar-refractivity contribution in [3.8, 4) is 22.4 Å². The van der Waals surface area contributed by atoms with E-state index in [1.807, 2.05) is 42.9 Å². The van der Waals surface area contributed by atoms with Gasteiger partial charge in [0.2, 0.25) is 0 Å². The fourth-order valence-corrected chi connectivity index (χ4v) is 3.59. The zero-order chi connectivity index (χ0) is 21.8. The third-order valence-electron chi connectivity index (χ3n) is 5.54. The van der Waals surface area contributed by atoms with E-state index in [1.54, 1.807) is 10.7 Å². The van der Waals surface area contributed by atoms with E-state index in [0.717, 1.165) is 54.4 Å². The molecule has 4 aromatic rings. The number of nitrogens with two attached hydrogens (primary N) is 1. The summed E-state index contributed by atoms with van der Waals surface area (Å²) in [7, 11) is 2.07. The van der Waals surface area contributed by atoms with Crippen molar-refractivity contribution in [2.45, 2.75) is 13.8 Å². The molecule has 160 valence electrons. The maximum absolute atomic E-state index is 6.16. The number of hydrogen-bond acceptors (Lipinski definition) is 7. The van der Waals surface area contributed by atoms with Gasteiger partial charge < -0.3 is 15.5 Å². The van der Waals surface area contributed by atoms with Gasteiger partial charge in [0, 0.05) is 56.1 Å². The van der Waals surface area contributed by atoms with Gasteiger partial charge in [0.25, 0.3) is 0 Å². The standard InChI is InChI=1S/C23H28N8/c1-4-30(5-2)13-12-29(3)20-10-9-17(14-26-20)18-15-27-23-21(19-8-6-7-11-25-19)22(24)28-31(23)16-18/h6-11,14-16H,4-5,12-13H2,1-3H3,(H2,24,28). The molecule has 0 fully saturated rings. The molecule has 0 aromatic carbocycles. The summed E-state index contributed by atoms with van der Waals surface area (Å²) in [4.78, 5) is 18.2. The number of nitrogen functional groups attached to an aromatic ring is 1. The highest BCUT2D eigenvalue weighted by molar-refractivity contribution is 5.84. The summed E-state index contributed by atoms with van der Waals surface area (Å²) in [5.74, 6) is 1.36. The van der Waals surface area contributed by atoms with Crippen LogP contribution in [0, 0.1) is 0 Å². The van der Waals surface area contributed by atoms with Crippen LogP contribution < -0.4 is 10.6 Å². The van der Waals surface area contributed by atoms with Crippen LogP contribution >= 0.6 is 0 Å². The lowest BCUT2D eigenvalue weighted by molar-refractivity contribution is 0.311. The van der Waals surface area contributed by atoms with E-state index >= 15 is 0 Å². The summed E-state index contributed by atoms with van der Waals surface area (Å²) >= 11 is 0. The number of hydrogen-bond donors (Lipinski definition) is 1. The van der Waals surface area contributed by atoms with Gasteiger partial charge in [0.05, 0.1) is 11.3 Å². The fourth-order valence-electron chi connectivity index (χ4n) is 3.59. The first-order valence-corrected chi connectivity index (χ1v) is 10.6. The third kappa shape index (κ3) is 4.34. The highest BCUT2D eigenvalue weighted by Gasteiger charge is 2.15. The van der Waals surface area contributed by atoms with Crippen LogP contribution in [0.25, 0.3) is 28.0 Å². The topological polar surface area (TPSA) is 88.5 Å². The van der Waals surface area contributed by atoms with Gasteiger partial charge in [-0.3, -0.25) is 4.98 Å². The number of anilines is 2. The number of aromatic nitrogens is 5. The molecule has 0 saturated heterocycles. The van der Waals surface area contributed by atoms with E-state index in [0.29, 0.717) is 11.5 Å². The molecule has 0 aliphatic rings. The number of fused-ring (bicyclic) bond motifs is 1. The SMILES string of the molecule is CCN(CC)CCN(C)c1ccc(-c2cnc3c(-c4ccccn4)c(N)nn3c2)cn1. The monoisotopic (exact) mass is 416 g/mol. The smallest absolute Gasteiger partial charge is 0.166 e. The zero-order valence-corrected chi connectivity index (χ0v) is 18.2. The lowest BCUT2D eigenvalue weighted by Gasteiger charge is -2.23. The van der Waals surface area contributed by atoms with Crippen LogP contribution in [0.15, 0.2) is 55.1 Å². The van der Waals surface area contributed by atoms with Gasteiger partial charge in [0.1, 0.15) is 5.82 Å². The summed E-state index contributed by atoms with van der Waals surface area (Å²) in [5, 5.41) is 4.44. The molecule has 8 heteroatoms. The van der Waals surface area contributed by atoms with Crippen molar-refractivity contribution in [3.63, 3.8) is 0 Å². The molecule has 4 rings (SSSR count). The van der Waals surface area contributed by atoms with Crippen molar-refractivity contribution in [1.29, 1.82) is 0 Å². The molecule has 0 amide bonds. The molecule has 0 aliphatic heterocycles. The molecule has 2 N–H and O–H groups in total. The first kappa shape index (κ1) is 20.7. The highest BCUT2D eigenvalue weighted by atomic mass is 15.3. The first-order valence-electron chi connectivity index (χ1n) is 10.6. The van der Waals surface area contributed by atoms with E-state index in [-0.39, 0.29) is 0 Å². The quantitative estimate of drug-likeness (QED) is 0.472. The molecule has 4 aromatic heterocycles. The van der Waals surface area contributed by atoms with E-state index in [1.165, 1.54) is 0 Å². The van der Waals surface area contributed by atoms with Crippen molar-refractivity contribution in [3.05, 3.63) is 55.1 Å². The highest BCUT2D eigenvalue weighted by Crippen LogP contribution is 2.29. The molecule has 31 heavy (non-hydrogen) atoms. The first-order chi connectivity index (χ1) is 15.1. The van der Waals surface area contributed by atoms with Gasteiger partial charge >= 0.3 is 0 Å². The summed E-state index contributed by atoms with van der Waals surface area (Å²) in [5.41, 5.74) is 10.2. The van der Waals surface area contributed by atoms with Gasteiger partial charge in [-0.05, 0) is 37.4 Å². The Bertz CT molecular complexity index is 1130. The van der Waals surface area contributed by atoms with Crippen LogP contribution in [-0.2, 0) is 0 Å². The lowest BCUT2D eigenvalue weighted by Crippen LogP contribution is -2.33. The normalized spacial score (nSPS) is 11.4. The Morgan fingerprint density at radius 2 is 1.74 bits per heavy atom. The Labute approximate surface area is 182 Å². The number of rotatable bonds is 8. The Balaban J connectivity index is 1.55. The van der Waals surface area contributed by atoms with Crippen molar-refractivity contribution < 1.29 is 0 Å². The summed E-state index contributed by atoms with van der Waals surface area (Å²) in [6, 6.07) is 9.80. The van der Waals surface area contributed by atoms with Gasteiger partial charge in [0.15, 0.2) is 11.5 Å². The largest absolute Gasteiger partial charge is 0.382 e. The second-order valence-corrected chi connectivity index (χ2v) is 7.44. The molecule has 0 spiro atoms. The zero-order valence-electron chi connectivity index (χ0n) is 18.2. The minimum absolute atomic E-state index is 0.409. The molecule has 8 nitrogen and oxygen atoms in total. The molecular weight excluding hydrogens is 388 g/mol. The van der Waals surface area contributed by atoms with E-state index in [9.17, 15) is 0 Å². The third-order valence-corrected chi connectivity index (χ3v) is 5.54. The average Bonchev–Trinajstić information content (AvgIpc) is 3.15. The molecule has 0 radical (unpaired) electrons. The summed E-state index contributed by atoms with van der Waals surface area (Å²) < 4.78 is 1.71. The predicted octanol–water partition coefficient (Wildman–Crippen LogP) is 3.21. The second kappa shape index (κ2) is 9.09. The van der Waals surface area contributed by atoms with Gasteiger partial charge in [-0.15, -0.1) is 5.10 Å². The molecule has 0 unspecified atom stereocenters. The average molecular weight is 417 g/mol. The van der Waals surface area contributed by atoms with Crippen LogP contribution in [0.5, 0.6) is 0 Å². The van der Waals surface area contributed by atoms with Crippen LogP contribution in [0.1, 0.15) is 13.8 Å². The Hall–Kier alpha value is -3.52. The number of likely N-dealkylation sites (N-methyl/N-ethyl adjacent to an activating group) is 2. The van der Waals surface area contributed by atoms with E-state index in [2.05, 4.69) is 56.8 Å². The minimum Gasteiger partial charge on any atom is -0.382 e. The van der Waals surface area contributed by atoms with Gasteiger partial charge in [-0.1, -0.05) is 19.9 Å². The van der Waals surface area contributed by atoms with Crippen LogP contribution in [-0.4, -0.2) is 62.7 Å². The van der Waals surface area contributed by atoms with Crippen molar-refractivity contribution in [2.75, 3.05) is 43.9 Å². The Morgan fingerprint density at radius 1 is 0.935 bits per heavy atom.